The molecule has 2 heterocycles. The molecule has 0 saturated heterocycles. The number of fused-ring (bicyclic) bond motifs is 1. The van der Waals surface area contributed by atoms with Crippen LogP contribution < -0.4 is 10.6 Å². The summed E-state index contributed by atoms with van der Waals surface area (Å²) in [6.45, 7) is 0. The summed E-state index contributed by atoms with van der Waals surface area (Å²) in [6.07, 6.45) is 3.06. The van der Waals surface area contributed by atoms with E-state index in [2.05, 4.69) is 15.6 Å². The SMILES string of the molecule is O=C(Nc1ccc(NC(=O)c2ccnc3ccccc23)cc1)c1ccco1. The van der Waals surface area contributed by atoms with Gasteiger partial charge >= 0.3 is 0 Å². The first kappa shape index (κ1) is 16.5. The van der Waals surface area contributed by atoms with Gasteiger partial charge in [-0.1, -0.05) is 18.2 Å². The number of carbonyl (C=O) groups excluding carboxylic acids is 2. The summed E-state index contributed by atoms with van der Waals surface area (Å²) < 4.78 is 5.05. The first-order valence-electron chi connectivity index (χ1n) is 8.31. The van der Waals surface area contributed by atoms with E-state index in [0.717, 1.165) is 10.9 Å². The maximum atomic E-state index is 12.6. The average molecular weight is 357 g/mol. The van der Waals surface area contributed by atoms with Gasteiger partial charge in [-0.05, 0) is 48.5 Å². The molecular formula is C21H15N3O3. The second-order valence-electron chi connectivity index (χ2n) is 5.84. The summed E-state index contributed by atoms with van der Waals surface area (Å²) in [5.74, 6) is -0.321. The zero-order valence-electron chi connectivity index (χ0n) is 14.2. The van der Waals surface area contributed by atoms with Crippen molar-refractivity contribution < 1.29 is 14.0 Å². The van der Waals surface area contributed by atoms with Crippen molar-refractivity contribution in [2.45, 2.75) is 0 Å². The van der Waals surface area contributed by atoms with E-state index in [4.69, 9.17) is 4.42 Å². The Bertz CT molecular complexity index is 1100. The van der Waals surface area contributed by atoms with Gasteiger partial charge in [0, 0.05) is 23.0 Å². The second kappa shape index (κ2) is 7.13. The topological polar surface area (TPSA) is 84.2 Å². The molecule has 132 valence electrons. The maximum absolute atomic E-state index is 12.6. The standard InChI is InChI=1S/C21H15N3O3/c25-20(17-11-12-22-18-5-2-1-4-16(17)18)23-14-7-9-15(10-8-14)24-21(26)19-6-3-13-27-19/h1-13H,(H,23,25)(H,24,26). The highest BCUT2D eigenvalue weighted by molar-refractivity contribution is 6.12. The fourth-order valence-electron chi connectivity index (χ4n) is 2.73. The number of aromatic nitrogens is 1. The number of carbonyl (C=O) groups is 2. The normalized spacial score (nSPS) is 10.5. The molecule has 2 N–H and O–H groups in total. The lowest BCUT2D eigenvalue weighted by Crippen LogP contribution is -2.13. The summed E-state index contributed by atoms with van der Waals surface area (Å²) in [4.78, 5) is 28.9. The Hall–Kier alpha value is -3.93. The summed E-state index contributed by atoms with van der Waals surface area (Å²) in [5.41, 5.74) is 2.54. The number of benzene rings is 2. The number of nitrogens with zero attached hydrogens (tertiary/aromatic N) is 1. The number of rotatable bonds is 4. The lowest BCUT2D eigenvalue weighted by molar-refractivity contribution is 0.0994. The number of nitrogens with one attached hydrogen (secondary N) is 2. The molecule has 0 aliphatic carbocycles. The largest absolute Gasteiger partial charge is 0.459 e. The van der Waals surface area contributed by atoms with E-state index in [-0.39, 0.29) is 17.6 Å². The summed E-state index contributed by atoms with van der Waals surface area (Å²) in [7, 11) is 0. The van der Waals surface area contributed by atoms with Crippen LogP contribution in [0.25, 0.3) is 10.9 Å². The Morgan fingerprint density at radius 3 is 2.19 bits per heavy atom. The number of pyridine rings is 1. The van der Waals surface area contributed by atoms with Crippen LogP contribution in [0.2, 0.25) is 0 Å². The predicted molar refractivity (Wildman–Crippen MR) is 103 cm³/mol. The molecule has 0 spiro atoms. The molecule has 0 aliphatic heterocycles. The number of amides is 2. The van der Waals surface area contributed by atoms with Crippen molar-refractivity contribution in [1.29, 1.82) is 0 Å². The molecule has 0 aliphatic rings. The lowest BCUT2D eigenvalue weighted by Gasteiger charge is -2.09. The minimum Gasteiger partial charge on any atom is -0.459 e. The quantitative estimate of drug-likeness (QED) is 0.569. The molecule has 0 bridgehead atoms. The third-order valence-electron chi connectivity index (χ3n) is 4.04. The Labute approximate surface area is 154 Å². The Morgan fingerprint density at radius 2 is 1.48 bits per heavy atom. The van der Waals surface area contributed by atoms with E-state index in [0.29, 0.717) is 16.9 Å². The molecule has 0 atom stereocenters. The third kappa shape index (κ3) is 3.55. The lowest BCUT2D eigenvalue weighted by atomic mass is 10.1. The molecule has 2 aromatic heterocycles. The molecule has 2 amide bonds. The van der Waals surface area contributed by atoms with Crippen molar-refractivity contribution >= 4 is 34.1 Å². The molecular weight excluding hydrogens is 342 g/mol. The number of anilines is 2. The second-order valence-corrected chi connectivity index (χ2v) is 5.84. The van der Waals surface area contributed by atoms with Gasteiger partial charge in [0.1, 0.15) is 0 Å². The maximum Gasteiger partial charge on any atom is 0.291 e. The minimum absolute atomic E-state index is 0.221. The van der Waals surface area contributed by atoms with Gasteiger partial charge in [0.15, 0.2) is 5.76 Å². The highest BCUT2D eigenvalue weighted by Crippen LogP contribution is 2.19. The van der Waals surface area contributed by atoms with E-state index in [9.17, 15) is 9.59 Å². The zero-order chi connectivity index (χ0) is 18.6. The van der Waals surface area contributed by atoms with Crippen LogP contribution in [0.4, 0.5) is 11.4 Å². The van der Waals surface area contributed by atoms with Crippen LogP contribution >= 0.6 is 0 Å². The Kier molecular flexibility index (Phi) is 4.37. The van der Waals surface area contributed by atoms with Crippen LogP contribution in [0.3, 0.4) is 0 Å². The van der Waals surface area contributed by atoms with Crippen LogP contribution in [0.1, 0.15) is 20.9 Å². The van der Waals surface area contributed by atoms with Crippen LogP contribution in [-0.4, -0.2) is 16.8 Å². The third-order valence-corrected chi connectivity index (χ3v) is 4.04. The number of furan rings is 1. The van der Waals surface area contributed by atoms with E-state index in [1.807, 2.05) is 24.3 Å². The molecule has 6 heteroatoms. The molecule has 4 rings (SSSR count). The van der Waals surface area contributed by atoms with Gasteiger partial charge in [0.2, 0.25) is 0 Å². The van der Waals surface area contributed by atoms with Crippen molar-refractivity contribution in [3.8, 4) is 0 Å². The molecule has 6 nitrogen and oxygen atoms in total. The van der Waals surface area contributed by atoms with Gasteiger partial charge in [-0.15, -0.1) is 0 Å². The number of hydrogen-bond acceptors (Lipinski definition) is 4. The van der Waals surface area contributed by atoms with Gasteiger partial charge in [-0.2, -0.15) is 0 Å². The summed E-state index contributed by atoms with van der Waals surface area (Å²) in [6, 6.07) is 19.3. The highest BCUT2D eigenvalue weighted by Gasteiger charge is 2.11. The first-order valence-corrected chi connectivity index (χ1v) is 8.31. The summed E-state index contributed by atoms with van der Waals surface area (Å²) in [5, 5.41) is 6.38. The van der Waals surface area contributed by atoms with Crippen LogP contribution in [0.15, 0.2) is 83.6 Å². The van der Waals surface area contributed by atoms with E-state index in [1.54, 1.807) is 48.7 Å². The molecule has 27 heavy (non-hydrogen) atoms. The van der Waals surface area contributed by atoms with Crippen molar-refractivity contribution in [3.05, 3.63) is 90.5 Å². The molecule has 0 saturated carbocycles. The molecule has 4 aromatic rings. The fraction of sp³-hybridized carbons (Fsp3) is 0. The van der Waals surface area contributed by atoms with E-state index < -0.39 is 0 Å². The van der Waals surface area contributed by atoms with Crippen molar-refractivity contribution in [2.75, 3.05) is 10.6 Å². The monoisotopic (exact) mass is 357 g/mol. The Morgan fingerprint density at radius 1 is 0.778 bits per heavy atom. The molecule has 0 unspecified atom stereocenters. The average Bonchev–Trinajstić information content (AvgIpc) is 3.24. The summed E-state index contributed by atoms with van der Waals surface area (Å²) >= 11 is 0. The van der Waals surface area contributed by atoms with Crippen LogP contribution in [0.5, 0.6) is 0 Å². The van der Waals surface area contributed by atoms with E-state index in [1.165, 1.54) is 6.26 Å². The minimum atomic E-state index is -0.333. The van der Waals surface area contributed by atoms with Crippen molar-refractivity contribution in [3.63, 3.8) is 0 Å². The fourth-order valence-corrected chi connectivity index (χ4v) is 2.73. The zero-order valence-corrected chi connectivity index (χ0v) is 14.2. The van der Waals surface area contributed by atoms with Gasteiger partial charge in [-0.25, -0.2) is 0 Å². The van der Waals surface area contributed by atoms with Gasteiger partial charge < -0.3 is 15.1 Å². The molecule has 0 radical (unpaired) electrons. The highest BCUT2D eigenvalue weighted by atomic mass is 16.3. The Balaban J connectivity index is 1.48. The van der Waals surface area contributed by atoms with Crippen molar-refractivity contribution in [2.24, 2.45) is 0 Å². The number of hydrogen-bond donors (Lipinski definition) is 2. The van der Waals surface area contributed by atoms with Gasteiger partial charge in [-0.3, -0.25) is 14.6 Å². The van der Waals surface area contributed by atoms with Crippen molar-refractivity contribution in [1.82, 2.24) is 4.98 Å². The molecule has 2 aromatic carbocycles. The van der Waals surface area contributed by atoms with Crippen LogP contribution in [0, 0.1) is 0 Å². The smallest absolute Gasteiger partial charge is 0.291 e. The van der Waals surface area contributed by atoms with Gasteiger partial charge in [0.05, 0.1) is 17.3 Å². The first-order chi connectivity index (χ1) is 13.2. The van der Waals surface area contributed by atoms with Crippen LogP contribution in [-0.2, 0) is 0 Å². The van der Waals surface area contributed by atoms with E-state index >= 15 is 0 Å². The van der Waals surface area contributed by atoms with Gasteiger partial charge in [0.25, 0.3) is 11.8 Å². The number of para-hydroxylation sites is 1. The predicted octanol–water partition coefficient (Wildman–Crippen LogP) is 4.33. The molecule has 0 fully saturated rings.